The van der Waals surface area contributed by atoms with E-state index in [1.54, 1.807) is 0 Å². The molecule has 0 aliphatic carbocycles. The topological polar surface area (TPSA) is 21.1 Å². The largest absolute Gasteiger partial charge is 0.310 e. The Morgan fingerprint density at radius 2 is 1.11 bits per heavy atom. The van der Waals surface area contributed by atoms with Crippen LogP contribution in [0.1, 0.15) is 5.56 Å². The van der Waals surface area contributed by atoms with E-state index >= 15 is 0 Å². The van der Waals surface area contributed by atoms with Gasteiger partial charge in [0.2, 0.25) is 0 Å². The maximum absolute atomic E-state index is 4.63. The Hall–Kier alpha value is -4.89. The Bertz CT molecular complexity index is 1580. The molecule has 3 heteroatoms. The zero-order valence-electron chi connectivity index (χ0n) is 20.7. The molecule has 0 aliphatic heterocycles. The molecular formula is C34H27N3. The van der Waals surface area contributed by atoms with Crippen LogP contribution >= 0.6 is 0 Å². The minimum atomic E-state index is 0.944. The van der Waals surface area contributed by atoms with Gasteiger partial charge in [-0.2, -0.15) is 0 Å². The fraction of sp³-hybridized carbons (Fsp3) is 0.0294. The van der Waals surface area contributed by atoms with Crippen LogP contribution in [0.15, 0.2) is 146 Å². The van der Waals surface area contributed by atoms with Gasteiger partial charge in [0.05, 0.1) is 5.69 Å². The Morgan fingerprint density at radius 3 is 1.76 bits per heavy atom. The Labute approximate surface area is 217 Å². The highest BCUT2D eigenvalue weighted by Gasteiger charge is 2.14. The first-order valence-corrected chi connectivity index (χ1v) is 12.5. The number of nitrogens with zero attached hydrogens (tertiary/aromatic N) is 3. The molecule has 1 aromatic heterocycles. The molecule has 0 atom stereocenters. The summed E-state index contributed by atoms with van der Waals surface area (Å²) < 4.78 is 2.16. The Morgan fingerprint density at radius 1 is 0.541 bits per heavy atom. The summed E-state index contributed by atoms with van der Waals surface area (Å²) in [6, 6.07) is 46.7. The standard InChI is InChI=1S/C34H27N3/c1-26-24-29(20-21-33(26)36-23-22-35-34(36)27-12-5-2-6-13-27)28-14-11-19-32(25-28)37(30-15-7-3-8-16-30)31-17-9-4-10-18-31/h2-25H,1H3. The van der Waals surface area contributed by atoms with E-state index in [0.29, 0.717) is 0 Å². The number of benzene rings is 5. The van der Waals surface area contributed by atoms with Crippen molar-refractivity contribution in [3.05, 3.63) is 151 Å². The second-order valence-electron chi connectivity index (χ2n) is 9.04. The van der Waals surface area contributed by atoms with E-state index in [2.05, 4.69) is 137 Å². The number of para-hydroxylation sites is 2. The van der Waals surface area contributed by atoms with E-state index in [1.165, 1.54) is 16.7 Å². The van der Waals surface area contributed by atoms with Gasteiger partial charge >= 0.3 is 0 Å². The molecule has 0 bridgehead atoms. The van der Waals surface area contributed by atoms with Crippen molar-refractivity contribution >= 4 is 17.1 Å². The van der Waals surface area contributed by atoms with Gasteiger partial charge in [-0.05, 0) is 72.1 Å². The van der Waals surface area contributed by atoms with Crippen LogP contribution in [0.25, 0.3) is 28.2 Å². The van der Waals surface area contributed by atoms with Crippen LogP contribution < -0.4 is 4.90 Å². The third-order valence-electron chi connectivity index (χ3n) is 6.60. The Kier molecular flexibility index (Phi) is 6.10. The molecule has 0 unspecified atom stereocenters. The molecule has 6 aromatic rings. The number of hydrogen-bond donors (Lipinski definition) is 0. The second-order valence-corrected chi connectivity index (χ2v) is 9.04. The van der Waals surface area contributed by atoms with Crippen LogP contribution in [0.4, 0.5) is 17.1 Å². The fourth-order valence-electron chi connectivity index (χ4n) is 4.83. The second kappa shape index (κ2) is 10.00. The van der Waals surface area contributed by atoms with Gasteiger partial charge in [-0.15, -0.1) is 0 Å². The first-order chi connectivity index (χ1) is 18.3. The molecule has 0 fully saturated rings. The van der Waals surface area contributed by atoms with E-state index < -0.39 is 0 Å². The third kappa shape index (κ3) is 4.55. The summed E-state index contributed by atoms with van der Waals surface area (Å²) in [6.45, 7) is 2.16. The lowest BCUT2D eigenvalue weighted by Crippen LogP contribution is -2.09. The van der Waals surface area contributed by atoms with Gasteiger partial charge in [0.15, 0.2) is 0 Å². The molecular weight excluding hydrogens is 450 g/mol. The minimum Gasteiger partial charge on any atom is -0.310 e. The lowest BCUT2D eigenvalue weighted by Gasteiger charge is -2.26. The number of imidazole rings is 1. The van der Waals surface area contributed by atoms with Crippen molar-refractivity contribution in [1.29, 1.82) is 0 Å². The summed E-state index contributed by atoms with van der Waals surface area (Å²) in [5.74, 6) is 0.944. The molecule has 6 rings (SSSR count). The summed E-state index contributed by atoms with van der Waals surface area (Å²) in [5, 5.41) is 0. The summed E-state index contributed by atoms with van der Waals surface area (Å²) in [5.41, 5.74) is 9.18. The van der Waals surface area contributed by atoms with Crippen molar-refractivity contribution in [3.63, 3.8) is 0 Å². The Balaban J connectivity index is 1.38. The number of aromatic nitrogens is 2. The van der Waals surface area contributed by atoms with Crippen LogP contribution in [0.5, 0.6) is 0 Å². The van der Waals surface area contributed by atoms with E-state index in [-0.39, 0.29) is 0 Å². The van der Waals surface area contributed by atoms with E-state index in [9.17, 15) is 0 Å². The molecule has 37 heavy (non-hydrogen) atoms. The first kappa shape index (κ1) is 22.6. The number of hydrogen-bond acceptors (Lipinski definition) is 2. The van der Waals surface area contributed by atoms with Crippen molar-refractivity contribution in [2.24, 2.45) is 0 Å². The maximum atomic E-state index is 4.63. The molecule has 0 spiro atoms. The lowest BCUT2D eigenvalue weighted by molar-refractivity contribution is 1.05. The predicted octanol–water partition coefficient (Wildman–Crippen LogP) is 8.98. The van der Waals surface area contributed by atoms with E-state index in [0.717, 1.165) is 34.1 Å². The molecule has 1 heterocycles. The number of anilines is 3. The van der Waals surface area contributed by atoms with Crippen LogP contribution in [0.3, 0.4) is 0 Å². The van der Waals surface area contributed by atoms with E-state index in [1.807, 2.05) is 30.6 Å². The van der Waals surface area contributed by atoms with Gasteiger partial charge in [0, 0.05) is 35.0 Å². The van der Waals surface area contributed by atoms with Crippen molar-refractivity contribution in [2.75, 3.05) is 4.90 Å². The molecule has 0 N–H and O–H groups in total. The van der Waals surface area contributed by atoms with Crippen LogP contribution in [-0.4, -0.2) is 9.55 Å². The molecule has 0 radical (unpaired) electrons. The van der Waals surface area contributed by atoms with Gasteiger partial charge in [-0.3, -0.25) is 4.57 Å². The zero-order valence-corrected chi connectivity index (χ0v) is 20.7. The molecule has 178 valence electrons. The zero-order chi connectivity index (χ0) is 25.0. The summed E-state index contributed by atoms with van der Waals surface area (Å²) in [7, 11) is 0. The van der Waals surface area contributed by atoms with Crippen molar-refractivity contribution in [2.45, 2.75) is 6.92 Å². The molecule has 3 nitrogen and oxygen atoms in total. The summed E-state index contributed by atoms with van der Waals surface area (Å²) in [4.78, 5) is 6.92. The maximum Gasteiger partial charge on any atom is 0.144 e. The highest BCUT2D eigenvalue weighted by Crippen LogP contribution is 2.36. The number of rotatable bonds is 6. The smallest absolute Gasteiger partial charge is 0.144 e. The average molecular weight is 478 g/mol. The summed E-state index contributed by atoms with van der Waals surface area (Å²) in [6.07, 6.45) is 3.89. The third-order valence-corrected chi connectivity index (χ3v) is 6.60. The molecule has 0 saturated heterocycles. The van der Waals surface area contributed by atoms with Crippen LogP contribution in [0.2, 0.25) is 0 Å². The highest BCUT2D eigenvalue weighted by atomic mass is 15.1. The van der Waals surface area contributed by atoms with Crippen LogP contribution in [-0.2, 0) is 0 Å². The normalized spacial score (nSPS) is 10.8. The first-order valence-electron chi connectivity index (χ1n) is 12.5. The average Bonchev–Trinajstić information content (AvgIpc) is 3.45. The fourth-order valence-corrected chi connectivity index (χ4v) is 4.83. The summed E-state index contributed by atoms with van der Waals surface area (Å²) >= 11 is 0. The van der Waals surface area contributed by atoms with Gasteiger partial charge in [0.1, 0.15) is 5.82 Å². The van der Waals surface area contributed by atoms with Crippen molar-refractivity contribution in [3.8, 4) is 28.2 Å². The van der Waals surface area contributed by atoms with Gasteiger partial charge in [-0.25, -0.2) is 4.98 Å². The monoisotopic (exact) mass is 477 g/mol. The van der Waals surface area contributed by atoms with Gasteiger partial charge in [0.25, 0.3) is 0 Å². The predicted molar refractivity (Wildman–Crippen MR) is 154 cm³/mol. The lowest BCUT2D eigenvalue weighted by atomic mass is 10.0. The van der Waals surface area contributed by atoms with Gasteiger partial charge < -0.3 is 4.90 Å². The van der Waals surface area contributed by atoms with Crippen molar-refractivity contribution < 1.29 is 0 Å². The SMILES string of the molecule is Cc1cc(-c2cccc(N(c3ccccc3)c3ccccc3)c2)ccc1-n1ccnc1-c1ccccc1. The van der Waals surface area contributed by atoms with Crippen molar-refractivity contribution in [1.82, 2.24) is 9.55 Å². The van der Waals surface area contributed by atoms with Crippen LogP contribution in [0, 0.1) is 6.92 Å². The minimum absolute atomic E-state index is 0.944. The quantitative estimate of drug-likeness (QED) is 0.239. The highest BCUT2D eigenvalue weighted by molar-refractivity contribution is 5.80. The molecule has 5 aromatic carbocycles. The molecule has 0 saturated carbocycles. The van der Waals surface area contributed by atoms with Gasteiger partial charge in [-0.1, -0.05) is 84.9 Å². The molecule has 0 amide bonds. The number of aryl methyl sites for hydroxylation is 1. The molecule has 0 aliphatic rings. The van der Waals surface area contributed by atoms with E-state index in [4.69, 9.17) is 0 Å².